The second kappa shape index (κ2) is 7.97. The van der Waals surface area contributed by atoms with E-state index in [1.54, 1.807) is 0 Å². The van der Waals surface area contributed by atoms with Gasteiger partial charge in [-0.25, -0.2) is 12.8 Å². The molecule has 0 radical (unpaired) electrons. The summed E-state index contributed by atoms with van der Waals surface area (Å²) < 4.78 is 40.4. The van der Waals surface area contributed by atoms with E-state index in [4.69, 9.17) is 0 Å². The third-order valence-corrected chi connectivity index (χ3v) is 7.33. The van der Waals surface area contributed by atoms with E-state index >= 15 is 0 Å². The number of aryl methyl sites for hydroxylation is 3. The molecule has 3 aromatic rings. The first-order valence-corrected chi connectivity index (χ1v) is 11.3. The van der Waals surface area contributed by atoms with Gasteiger partial charge in [-0.05, 0) is 61.7 Å². The van der Waals surface area contributed by atoms with Crippen molar-refractivity contribution in [2.75, 3.05) is 5.75 Å². The number of sulfone groups is 1. The van der Waals surface area contributed by atoms with Gasteiger partial charge in [0.15, 0.2) is 14.6 Å². The van der Waals surface area contributed by atoms with Crippen LogP contribution in [0.1, 0.15) is 24.0 Å². The number of carbonyl (C=O) groups excluding carboxylic acids is 1. The number of thiazole rings is 1. The minimum atomic E-state index is -3.55. The topological polar surface area (TPSA) is 68.5 Å². The summed E-state index contributed by atoms with van der Waals surface area (Å²) in [5.74, 6) is -1.03. The van der Waals surface area contributed by atoms with Gasteiger partial charge in [-0.2, -0.15) is 4.99 Å². The van der Waals surface area contributed by atoms with E-state index in [1.807, 2.05) is 25.5 Å². The van der Waals surface area contributed by atoms with E-state index in [0.717, 1.165) is 33.5 Å². The van der Waals surface area contributed by atoms with Crippen LogP contribution in [-0.2, 0) is 21.7 Å². The predicted octanol–water partition coefficient (Wildman–Crippen LogP) is 3.68. The van der Waals surface area contributed by atoms with Gasteiger partial charge in [-0.15, -0.1) is 0 Å². The van der Waals surface area contributed by atoms with Gasteiger partial charge in [-0.1, -0.05) is 17.4 Å². The van der Waals surface area contributed by atoms with E-state index in [2.05, 4.69) is 17.1 Å². The van der Waals surface area contributed by atoms with Crippen molar-refractivity contribution in [1.82, 2.24) is 4.57 Å². The van der Waals surface area contributed by atoms with Crippen molar-refractivity contribution in [2.24, 2.45) is 12.0 Å². The van der Waals surface area contributed by atoms with Crippen molar-refractivity contribution >= 4 is 37.3 Å². The van der Waals surface area contributed by atoms with E-state index in [0.29, 0.717) is 4.80 Å². The number of benzene rings is 2. The smallest absolute Gasteiger partial charge is 0.248 e. The van der Waals surface area contributed by atoms with Crippen molar-refractivity contribution in [3.05, 3.63) is 58.1 Å². The van der Waals surface area contributed by atoms with Crippen molar-refractivity contribution in [1.29, 1.82) is 0 Å². The number of fused-ring (bicyclic) bond motifs is 1. The second-order valence-electron chi connectivity index (χ2n) is 6.75. The Morgan fingerprint density at radius 1 is 1.18 bits per heavy atom. The number of rotatable bonds is 5. The Morgan fingerprint density at radius 3 is 2.54 bits per heavy atom. The summed E-state index contributed by atoms with van der Waals surface area (Å²) in [7, 11) is -1.68. The molecule has 0 unspecified atom stereocenters. The highest BCUT2D eigenvalue weighted by molar-refractivity contribution is 7.91. The zero-order valence-corrected chi connectivity index (χ0v) is 17.5. The lowest BCUT2D eigenvalue weighted by Crippen LogP contribution is -2.14. The molecule has 0 fully saturated rings. The number of aromatic nitrogens is 1. The summed E-state index contributed by atoms with van der Waals surface area (Å²) in [5.41, 5.74) is 3.31. The lowest BCUT2D eigenvalue weighted by Gasteiger charge is -2.03. The molecular weight excluding hydrogens is 399 g/mol. The zero-order chi connectivity index (χ0) is 20.5. The maximum Gasteiger partial charge on any atom is 0.248 e. The van der Waals surface area contributed by atoms with Crippen molar-refractivity contribution < 1.29 is 17.6 Å². The third-order valence-electron chi connectivity index (χ3n) is 4.43. The molecule has 0 N–H and O–H groups in total. The molecule has 148 valence electrons. The van der Waals surface area contributed by atoms with Crippen LogP contribution >= 0.6 is 11.3 Å². The van der Waals surface area contributed by atoms with E-state index in [-0.39, 0.29) is 29.4 Å². The van der Waals surface area contributed by atoms with Crippen molar-refractivity contribution in [3.8, 4) is 0 Å². The molecule has 0 spiro atoms. The van der Waals surface area contributed by atoms with Gasteiger partial charge in [0.25, 0.3) is 0 Å². The molecule has 0 aliphatic heterocycles. The molecule has 0 bridgehead atoms. The van der Waals surface area contributed by atoms with Crippen LogP contribution in [0.5, 0.6) is 0 Å². The van der Waals surface area contributed by atoms with Crippen LogP contribution in [0.3, 0.4) is 0 Å². The first-order valence-electron chi connectivity index (χ1n) is 8.80. The Balaban J connectivity index is 1.72. The molecular formula is C20H21FN2O3S2. The lowest BCUT2D eigenvalue weighted by atomic mass is 10.1. The Bertz CT molecular complexity index is 1210. The molecule has 0 atom stereocenters. The number of hydrogen-bond acceptors (Lipinski definition) is 4. The van der Waals surface area contributed by atoms with Crippen LogP contribution in [0.25, 0.3) is 10.2 Å². The number of hydrogen-bond donors (Lipinski definition) is 0. The highest BCUT2D eigenvalue weighted by Gasteiger charge is 2.15. The van der Waals surface area contributed by atoms with Gasteiger partial charge in [-0.3, -0.25) is 4.79 Å². The van der Waals surface area contributed by atoms with Crippen molar-refractivity contribution in [2.45, 2.75) is 31.6 Å². The molecule has 1 heterocycles. The lowest BCUT2D eigenvalue weighted by molar-refractivity contribution is -0.118. The monoisotopic (exact) mass is 420 g/mol. The van der Waals surface area contributed by atoms with Crippen LogP contribution in [-0.4, -0.2) is 24.6 Å². The second-order valence-corrected chi connectivity index (χ2v) is 9.87. The maximum absolute atomic E-state index is 12.9. The van der Waals surface area contributed by atoms with Crippen LogP contribution in [0.2, 0.25) is 0 Å². The summed E-state index contributed by atoms with van der Waals surface area (Å²) in [4.78, 5) is 17.1. The Hall–Kier alpha value is -2.32. The van der Waals surface area contributed by atoms with E-state index in [9.17, 15) is 17.6 Å². The van der Waals surface area contributed by atoms with Crippen LogP contribution in [0, 0.1) is 19.7 Å². The van der Waals surface area contributed by atoms with E-state index in [1.165, 1.54) is 23.5 Å². The maximum atomic E-state index is 12.9. The molecule has 1 amide bonds. The van der Waals surface area contributed by atoms with Gasteiger partial charge in [0.1, 0.15) is 5.82 Å². The standard InChI is InChI=1S/C20H21FN2O3S2/c1-13-11-14(2)19-17(12-13)27-20(23(19)3)22-18(24)5-4-10-28(25,26)16-8-6-15(21)7-9-16/h6-9,11-12H,4-5,10H2,1-3H3. The predicted molar refractivity (Wildman–Crippen MR) is 109 cm³/mol. The highest BCUT2D eigenvalue weighted by Crippen LogP contribution is 2.22. The molecule has 0 aliphatic rings. The molecule has 3 rings (SSSR count). The normalized spacial score (nSPS) is 12.6. The molecule has 0 saturated carbocycles. The zero-order valence-electron chi connectivity index (χ0n) is 15.9. The van der Waals surface area contributed by atoms with Crippen LogP contribution in [0.4, 0.5) is 4.39 Å². The van der Waals surface area contributed by atoms with Crippen LogP contribution < -0.4 is 4.80 Å². The fraction of sp³-hybridized carbons (Fsp3) is 0.300. The Kier molecular flexibility index (Phi) is 5.81. The average molecular weight is 421 g/mol. The minimum Gasteiger partial charge on any atom is -0.319 e. The SMILES string of the molecule is Cc1cc(C)c2c(c1)sc(=NC(=O)CCCS(=O)(=O)c1ccc(F)cc1)n2C. The third kappa shape index (κ3) is 4.39. The summed E-state index contributed by atoms with van der Waals surface area (Å²) in [6.45, 7) is 4.05. The Morgan fingerprint density at radius 2 is 1.86 bits per heavy atom. The van der Waals surface area contributed by atoms with Gasteiger partial charge >= 0.3 is 0 Å². The first kappa shape index (κ1) is 20.4. The number of nitrogens with zero attached hydrogens (tertiary/aromatic N) is 2. The first-order chi connectivity index (χ1) is 13.2. The molecule has 5 nitrogen and oxygen atoms in total. The molecule has 0 saturated heterocycles. The summed E-state index contributed by atoms with van der Waals surface area (Å²) in [6, 6.07) is 8.83. The van der Waals surface area contributed by atoms with Crippen LogP contribution in [0.15, 0.2) is 46.3 Å². The minimum absolute atomic E-state index is 0.0344. The van der Waals surface area contributed by atoms with Crippen molar-refractivity contribution in [3.63, 3.8) is 0 Å². The summed E-state index contributed by atoms with van der Waals surface area (Å²) in [5, 5.41) is 0. The highest BCUT2D eigenvalue weighted by atomic mass is 32.2. The van der Waals surface area contributed by atoms with Gasteiger partial charge < -0.3 is 4.57 Å². The quantitative estimate of drug-likeness (QED) is 0.592. The number of amides is 1. The molecule has 28 heavy (non-hydrogen) atoms. The largest absolute Gasteiger partial charge is 0.319 e. The molecule has 2 aromatic carbocycles. The Labute approximate surface area is 167 Å². The van der Waals surface area contributed by atoms with Gasteiger partial charge in [0.05, 0.1) is 20.9 Å². The molecule has 8 heteroatoms. The molecule has 1 aromatic heterocycles. The van der Waals surface area contributed by atoms with Gasteiger partial charge in [0, 0.05) is 13.5 Å². The summed E-state index contributed by atoms with van der Waals surface area (Å²) >= 11 is 1.44. The molecule has 0 aliphatic carbocycles. The fourth-order valence-corrected chi connectivity index (χ4v) is 5.65. The summed E-state index contributed by atoms with van der Waals surface area (Å²) in [6.07, 6.45) is 0.196. The number of halogens is 1. The van der Waals surface area contributed by atoms with Gasteiger partial charge in [0.2, 0.25) is 5.91 Å². The number of carbonyl (C=O) groups is 1. The van der Waals surface area contributed by atoms with E-state index < -0.39 is 15.7 Å². The fourth-order valence-electron chi connectivity index (χ4n) is 3.12. The average Bonchev–Trinajstić information content (AvgIpc) is 2.90.